The van der Waals surface area contributed by atoms with Crippen LogP contribution in [0.25, 0.3) is 0 Å². The van der Waals surface area contributed by atoms with Crippen molar-refractivity contribution in [3.8, 4) is 0 Å². The molecule has 19 heavy (non-hydrogen) atoms. The highest BCUT2D eigenvalue weighted by Crippen LogP contribution is 2.28. The zero-order valence-corrected chi connectivity index (χ0v) is 12.3. The van der Waals surface area contributed by atoms with Crippen LogP contribution < -0.4 is 11.1 Å². The summed E-state index contributed by atoms with van der Waals surface area (Å²) in [4.78, 5) is 11.9. The summed E-state index contributed by atoms with van der Waals surface area (Å²) in [6.07, 6.45) is 6.91. The molecule has 0 unspecified atom stereocenters. The quantitative estimate of drug-likeness (QED) is 0.823. The Morgan fingerprint density at radius 1 is 1.37 bits per heavy atom. The fourth-order valence-corrected chi connectivity index (χ4v) is 2.62. The van der Waals surface area contributed by atoms with Gasteiger partial charge in [0.25, 0.3) is 0 Å². The molecule has 1 saturated carbocycles. The molecule has 1 aliphatic carbocycles. The summed E-state index contributed by atoms with van der Waals surface area (Å²) in [5.74, 6) is 0.869. The molecule has 2 rings (SSSR count). The van der Waals surface area contributed by atoms with Gasteiger partial charge in [0.2, 0.25) is 5.91 Å². The van der Waals surface area contributed by atoms with Crippen LogP contribution in [0.2, 0.25) is 0 Å². The van der Waals surface area contributed by atoms with Crippen LogP contribution >= 0.6 is 12.4 Å². The minimum atomic E-state index is 0. The Balaban J connectivity index is 0.00000180. The summed E-state index contributed by atoms with van der Waals surface area (Å²) in [5.41, 5.74) is 8.31. The molecule has 106 valence electrons. The number of benzene rings is 1. The zero-order valence-electron chi connectivity index (χ0n) is 11.4. The van der Waals surface area contributed by atoms with Crippen LogP contribution in [0.5, 0.6) is 0 Å². The van der Waals surface area contributed by atoms with Crippen molar-refractivity contribution in [3.63, 3.8) is 0 Å². The number of hydrogen-bond donors (Lipinski definition) is 2. The first-order valence-corrected chi connectivity index (χ1v) is 6.81. The van der Waals surface area contributed by atoms with Gasteiger partial charge in [0.15, 0.2) is 0 Å². The Labute approximate surface area is 121 Å². The van der Waals surface area contributed by atoms with Gasteiger partial charge in [-0.1, -0.05) is 31.7 Å². The maximum Gasteiger partial charge on any atom is 0.224 e. The van der Waals surface area contributed by atoms with Gasteiger partial charge in [-0.05, 0) is 37.0 Å². The number of carbonyl (C=O) groups excluding carboxylic acids is 1. The van der Waals surface area contributed by atoms with Crippen molar-refractivity contribution in [2.45, 2.75) is 45.4 Å². The monoisotopic (exact) mass is 282 g/mol. The molecule has 0 heterocycles. The van der Waals surface area contributed by atoms with E-state index in [1.807, 2.05) is 25.1 Å². The van der Waals surface area contributed by atoms with E-state index in [0.29, 0.717) is 12.1 Å². The number of amides is 1. The maximum atomic E-state index is 11.9. The van der Waals surface area contributed by atoms with E-state index < -0.39 is 0 Å². The fraction of sp³-hybridized carbons (Fsp3) is 0.533. The van der Waals surface area contributed by atoms with Crippen LogP contribution in [-0.2, 0) is 4.79 Å². The molecule has 0 aliphatic heterocycles. The molecule has 1 aromatic carbocycles. The highest BCUT2D eigenvalue weighted by molar-refractivity contribution is 5.92. The van der Waals surface area contributed by atoms with Crippen molar-refractivity contribution in [2.75, 3.05) is 11.1 Å². The van der Waals surface area contributed by atoms with Crippen molar-refractivity contribution in [1.82, 2.24) is 0 Å². The lowest BCUT2D eigenvalue weighted by Gasteiger charge is -2.11. The van der Waals surface area contributed by atoms with Gasteiger partial charge in [-0.2, -0.15) is 0 Å². The Bertz CT molecular complexity index is 428. The van der Waals surface area contributed by atoms with Crippen LogP contribution in [0.15, 0.2) is 18.2 Å². The minimum Gasteiger partial charge on any atom is -0.399 e. The lowest BCUT2D eigenvalue weighted by atomic mass is 10.0. The Hall–Kier alpha value is -1.22. The van der Waals surface area contributed by atoms with Crippen LogP contribution in [0.4, 0.5) is 11.4 Å². The van der Waals surface area contributed by atoms with Crippen LogP contribution in [0, 0.1) is 12.8 Å². The first-order valence-electron chi connectivity index (χ1n) is 6.81. The number of nitrogens with one attached hydrogen (secondary N) is 1. The lowest BCUT2D eigenvalue weighted by molar-refractivity contribution is -0.116. The Morgan fingerprint density at radius 2 is 2.05 bits per heavy atom. The molecule has 1 amide bonds. The standard InChI is InChI=1S/C15H22N2O.ClH/c1-11-6-8-13(16)10-14(11)17-15(18)9-7-12-4-2-3-5-12;/h6,8,10,12H,2-5,7,9,16H2,1H3,(H,17,18);1H. The molecular weight excluding hydrogens is 260 g/mol. The second-order valence-electron chi connectivity index (χ2n) is 5.31. The van der Waals surface area contributed by atoms with Gasteiger partial charge in [-0.25, -0.2) is 0 Å². The Morgan fingerprint density at radius 3 is 2.74 bits per heavy atom. The summed E-state index contributed by atoms with van der Waals surface area (Å²) in [6.45, 7) is 1.98. The third-order valence-electron chi connectivity index (χ3n) is 3.79. The molecule has 3 nitrogen and oxygen atoms in total. The largest absolute Gasteiger partial charge is 0.399 e. The zero-order chi connectivity index (χ0) is 13.0. The van der Waals surface area contributed by atoms with Gasteiger partial charge in [-0.15, -0.1) is 12.4 Å². The second kappa shape index (κ2) is 7.39. The van der Waals surface area contributed by atoms with E-state index in [4.69, 9.17) is 5.73 Å². The first-order chi connectivity index (χ1) is 8.65. The van der Waals surface area contributed by atoms with Gasteiger partial charge in [0, 0.05) is 17.8 Å². The molecule has 4 heteroatoms. The molecule has 0 saturated heterocycles. The molecule has 1 aromatic rings. The minimum absolute atomic E-state index is 0. The van der Waals surface area contributed by atoms with E-state index in [9.17, 15) is 4.79 Å². The van der Waals surface area contributed by atoms with E-state index in [2.05, 4.69) is 5.32 Å². The molecule has 1 aliphatic rings. The van der Waals surface area contributed by atoms with E-state index in [-0.39, 0.29) is 18.3 Å². The van der Waals surface area contributed by atoms with E-state index in [1.54, 1.807) is 0 Å². The van der Waals surface area contributed by atoms with Gasteiger partial charge >= 0.3 is 0 Å². The molecule has 0 aromatic heterocycles. The number of nitrogens with two attached hydrogens (primary N) is 1. The molecule has 1 fully saturated rings. The number of rotatable bonds is 4. The topological polar surface area (TPSA) is 55.1 Å². The average molecular weight is 283 g/mol. The molecule has 0 spiro atoms. The van der Waals surface area contributed by atoms with Crippen molar-refractivity contribution in [1.29, 1.82) is 0 Å². The number of anilines is 2. The number of hydrogen-bond acceptors (Lipinski definition) is 2. The van der Waals surface area contributed by atoms with Gasteiger partial charge < -0.3 is 11.1 Å². The maximum absolute atomic E-state index is 11.9. The van der Waals surface area contributed by atoms with E-state index >= 15 is 0 Å². The normalized spacial score (nSPS) is 15.0. The molecule has 0 bridgehead atoms. The number of nitrogen functional groups attached to an aromatic ring is 1. The summed E-state index contributed by atoms with van der Waals surface area (Å²) in [7, 11) is 0. The van der Waals surface area contributed by atoms with Crippen LogP contribution in [0.3, 0.4) is 0 Å². The van der Waals surface area contributed by atoms with E-state index in [1.165, 1.54) is 25.7 Å². The summed E-state index contributed by atoms with van der Waals surface area (Å²) >= 11 is 0. The number of carbonyl (C=O) groups is 1. The fourth-order valence-electron chi connectivity index (χ4n) is 2.62. The SMILES string of the molecule is Cc1ccc(N)cc1NC(=O)CCC1CCCC1.Cl. The highest BCUT2D eigenvalue weighted by Gasteiger charge is 2.16. The van der Waals surface area contributed by atoms with Crippen molar-refractivity contribution in [2.24, 2.45) is 5.92 Å². The van der Waals surface area contributed by atoms with Gasteiger partial charge in [0.1, 0.15) is 0 Å². The van der Waals surface area contributed by atoms with E-state index in [0.717, 1.165) is 23.6 Å². The predicted molar refractivity (Wildman–Crippen MR) is 82.7 cm³/mol. The van der Waals surface area contributed by atoms with Crippen LogP contribution in [0.1, 0.15) is 44.1 Å². The average Bonchev–Trinajstić information content (AvgIpc) is 2.84. The number of aryl methyl sites for hydroxylation is 1. The molecule has 0 radical (unpaired) electrons. The summed E-state index contributed by atoms with van der Waals surface area (Å²) in [6, 6.07) is 5.61. The second-order valence-corrected chi connectivity index (χ2v) is 5.31. The molecule has 0 atom stereocenters. The predicted octanol–water partition coefficient (Wildman–Crippen LogP) is 3.91. The summed E-state index contributed by atoms with van der Waals surface area (Å²) in [5, 5.41) is 2.96. The highest BCUT2D eigenvalue weighted by atomic mass is 35.5. The van der Waals surface area contributed by atoms with Crippen molar-refractivity contribution in [3.05, 3.63) is 23.8 Å². The third kappa shape index (κ3) is 4.75. The van der Waals surface area contributed by atoms with Crippen molar-refractivity contribution < 1.29 is 4.79 Å². The Kier molecular flexibility index (Phi) is 6.16. The van der Waals surface area contributed by atoms with Crippen molar-refractivity contribution >= 4 is 29.7 Å². The summed E-state index contributed by atoms with van der Waals surface area (Å²) < 4.78 is 0. The smallest absolute Gasteiger partial charge is 0.224 e. The molecular formula is C15H23ClN2O. The van der Waals surface area contributed by atoms with Crippen LogP contribution in [-0.4, -0.2) is 5.91 Å². The third-order valence-corrected chi connectivity index (χ3v) is 3.79. The molecule has 3 N–H and O–H groups in total. The lowest BCUT2D eigenvalue weighted by Crippen LogP contribution is -2.13. The van der Waals surface area contributed by atoms with Gasteiger partial charge in [-0.3, -0.25) is 4.79 Å². The van der Waals surface area contributed by atoms with Gasteiger partial charge in [0.05, 0.1) is 0 Å². The number of halogens is 1. The first kappa shape index (κ1) is 15.8.